The van der Waals surface area contributed by atoms with E-state index in [0.717, 1.165) is 4.90 Å². The van der Waals surface area contributed by atoms with Crippen molar-refractivity contribution in [2.24, 2.45) is 0 Å². The Bertz CT molecular complexity index is 705. The number of benzene rings is 2. The van der Waals surface area contributed by atoms with Gasteiger partial charge in [-0.25, -0.2) is 4.79 Å². The highest BCUT2D eigenvalue weighted by Crippen LogP contribution is 2.30. The first kappa shape index (κ1) is 15.3. The maximum atomic E-state index is 11.0. The number of carboxylic acids is 1. The number of aromatic carboxylic acids is 1. The summed E-state index contributed by atoms with van der Waals surface area (Å²) < 4.78 is 0. The molecule has 2 aromatic carbocycles. The van der Waals surface area contributed by atoms with Gasteiger partial charge in [0.1, 0.15) is 0 Å². The van der Waals surface area contributed by atoms with E-state index in [4.69, 9.17) is 16.7 Å². The van der Waals surface area contributed by atoms with Crippen molar-refractivity contribution < 1.29 is 14.8 Å². The second-order valence-electron chi connectivity index (χ2n) is 4.15. The predicted octanol–water partition coefficient (Wildman–Crippen LogP) is 4.24. The van der Waals surface area contributed by atoms with Gasteiger partial charge in [-0.05, 0) is 30.3 Å². The molecule has 0 bridgehead atoms. The van der Waals surface area contributed by atoms with E-state index in [1.807, 2.05) is 0 Å². The zero-order chi connectivity index (χ0) is 15.4. The second-order valence-corrected chi connectivity index (χ2v) is 5.64. The Hall–Kier alpha value is -2.05. The van der Waals surface area contributed by atoms with Crippen LogP contribution < -0.4 is 0 Å². The van der Waals surface area contributed by atoms with Gasteiger partial charge in [0.2, 0.25) is 0 Å². The van der Waals surface area contributed by atoms with E-state index in [1.165, 1.54) is 36.0 Å². The Balaban J connectivity index is 2.20. The van der Waals surface area contributed by atoms with Gasteiger partial charge in [-0.3, -0.25) is 10.1 Å². The van der Waals surface area contributed by atoms with Crippen LogP contribution in [0.2, 0.25) is 5.02 Å². The summed E-state index contributed by atoms with van der Waals surface area (Å²) in [5, 5.41) is 20.3. The first-order valence-corrected chi connectivity index (χ1v) is 7.22. The standard InChI is InChI=1S/C14H10ClNO4S/c15-11-4-5-13(16(19)20)10(6-11)8-21-12-3-1-2-9(7-12)14(17)18/h1-7H,8H2,(H,17,18). The molecule has 5 nitrogen and oxygen atoms in total. The van der Waals surface area contributed by atoms with Crippen LogP contribution in [-0.4, -0.2) is 16.0 Å². The van der Waals surface area contributed by atoms with Crippen LogP contribution in [0, 0.1) is 10.1 Å². The molecule has 0 aliphatic rings. The number of carbonyl (C=O) groups is 1. The molecule has 2 aromatic rings. The summed E-state index contributed by atoms with van der Waals surface area (Å²) in [5.74, 6) is -0.675. The van der Waals surface area contributed by atoms with Gasteiger partial charge in [-0.2, -0.15) is 0 Å². The number of nitro groups is 1. The van der Waals surface area contributed by atoms with Crippen molar-refractivity contribution in [3.05, 3.63) is 68.7 Å². The van der Waals surface area contributed by atoms with E-state index in [0.29, 0.717) is 16.3 Å². The van der Waals surface area contributed by atoms with Crippen LogP contribution in [-0.2, 0) is 5.75 Å². The number of nitro benzene ring substituents is 1. The molecular weight excluding hydrogens is 314 g/mol. The van der Waals surface area contributed by atoms with E-state index in [1.54, 1.807) is 18.2 Å². The molecule has 0 aromatic heterocycles. The van der Waals surface area contributed by atoms with Crippen molar-refractivity contribution in [3.8, 4) is 0 Å². The lowest BCUT2D eigenvalue weighted by atomic mass is 10.2. The third-order valence-electron chi connectivity index (χ3n) is 2.71. The molecule has 0 radical (unpaired) electrons. The van der Waals surface area contributed by atoms with Crippen LogP contribution >= 0.6 is 23.4 Å². The molecule has 1 N–H and O–H groups in total. The zero-order valence-corrected chi connectivity index (χ0v) is 12.2. The molecule has 0 aliphatic carbocycles. The van der Waals surface area contributed by atoms with Gasteiger partial charge in [-0.15, -0.1) is 11.8 Å². The molecule has 0 heterocycles. The normalized spacial score (nSPS) is 10.3. The summed E-state index contributed by atoms with van der Waals surface area (Å²) in [5.41, 5.74) is 0.681. The Kier molecular flexibility index (Phi) is 4.82. The maximum Gasteiger partial charge on any atom is 0.335 e. The molecular formula is C14H10ClNO4S. The number of thioether (sulfide) groups is 1. The van der Waals surface area contributed by atoms with Gasteiger partial charge in [0, 0.05) is 27.3 Å². The average Bonchev–Trinajstić information content (AvgIpc) is 2.45. The monoisotopic (exact) mass is 323 g/mol. The highest BCUT2D eigenvalue weighted by molar-refractivity contribution is 7.98. The fourth-order valence-electron chi connectivity index (χ4n) is 1.73. The van der Waals surface area contributed by atoms with Crippen LogP contribution in [0.1, 0.15) is 15.9 Å². The van der Waals surface area contributed by atoms with Crippen LogP contribution in [0.3, 0.4) is 0 Å². The first-order valence-electron chi connectivity index (χ1n) is 5.86. The molecule has 21 heavy (non-hydrogen) atoms. The topological polar surface area (TPSA) is 80.4 Å². The molecule has 0 aliphatic heterocycles. The molecule has 0 amide bonds. The fraction of sp³-hybridized carbons (Fsp3) is 0.0714. The van der Waals surface area contributed by atoms with Gasteiger partial charge in [0.25, 0.3) is 5.69 Å². The lowest BCUT2D eigenvalue weighted by molar-refractivity contribution is -0.385. The summed E-state index contributed by atoms with van der Waals surface area (Å²) in [6, 6.07) is 10.8. The minimum atomic E-state index is -1.01. The van der Waals surface area contributed by atoms with Gasteiger partial charge in [0.05, 0.1) is 10.5 Å². The van der Waals surface area contributed by atoms with Crippen molar-refractivity contribution in [1.82, 2.24) is 0 Å². The second kappa shape index (κ2) is 6.60. The van der Waals surface area contributed by atoms with Crippen LogP contribution in [0.15, 0.2) is 47.4 Å². The fourth-order valence-corrected chi connectivity index (χ4v) is 2.86. The lowest BCUT2D eigenvalue weighted by Gasteiger charge is -2.05. The number of halogens is 1. The van der Waals surface area contributed by atoms with E-state index >= 15 is 0 Å². The van der Waals surface area contributed by atoms with E-state index in [-0.39, 0.29) is 11.3 Å². The summed E-state index contributed by atoms with van der Waals surface area (Å²) in [7, 11) is 0. The summed E-state index contributed by atoms with van der Waals surface area (Å²) in [6.07, 6.45) is 0. The van der Waals surface area contributed by atoms with E-state index < -0.39 is 10.9 Å². The lowest BCUT2D eigenvalue weighted by Crippen LogP contribution is -1.96. The third-order valence-corrected chi connectivity index (χ3v) is 3.99. The molecule has 7 heteroatoms. The highest BCUT2D eigenvalue weighted by Gasteiger charge is 2.14. The summed E-state index contributed by atoms with van der Waals surface area (Å²) in [6.45, 7) is 0. The third kappa shape index (κ3) is 3.96. The van der Waals surface area contributed by atoms with Crippen molar-refractivity contribution in [1.29, 1.82) is 0 Å². The number of carboxylic acid groups (broad SMARTS) is 1. The Morgan fingerprint density at radius 2 is 2.05 bits per heavy atom. The molecule has 0 saturated heterocycles. The van der Waals surface area contributed by atoms with Gasteiger partial charge >= 0.3 is 5.97 Å². The quantitative estimate of drug-likeness (QED) is 0.505. The molecule has 2 rings (SSSR count). The molecule has 0 fully saturated rings. The first-order chi connectivity index (χ1) is 9.97. The molecule has 0 unspecified atom stereocenters. The Morgan fingerprint density at radius 1 is 1.29 bits per heavy atom. The van der Waals surface area contributed by atoms with Crippen LogP contribution in [0.25, 0.3) is 0 Å². The minimum absolute atomic E-state index is 0.00119. The number of hydrogen-bond acceptors (Lipinski definition) is 4. The Labute approximate surface area is 129 Å². The van der Waals surface area contributed by atoms with Crippen molar-refractivity contribution in [3.63, 3.8) is 0 Å². The summed E-state index contributed by atoms with van der Waals surface area (Å²) in [4.78, 5) is 22.1. The van der Waals surface area contributed by atoms with Crippen LogP contribution in [0.5, 0.6) is 0 Å². The van der Waals surface area contributed by atoms with Crippen molar-refractivity contribution >= 4 is 35.0 Å². The largest absolute Gasteiger partial charge is 0.478 e. The molecule has 108 valence electrons. The molecule has 0 spiro atoms. The smallest absolute Gasteiger partial charge is 0.335 e. The van der Waals surface area contributed by atoms with Gasteiger partial charge in [0.15, 0.2) is 0 Å². The number of rotatable bonds is 5. The highest BCUT2D eigenvalue weighted by atomic mass is 35.5. The van der Waals surface area contributed by atoms with Crippen molar-refractivity contribution in [2.75, 3.05) is 0 Å². The SMILES string of the molecule is O=C(O)c1cccc(SCc2cc(Cl)ccc2[N+](=O)[O-])c1. The van der Waals surface area contributed by atoms with E-state index in [2.05, 4.69) is 0 Å². The zero-order valence-electron chi connectivity index (χ0n) is 10.7. The van der Waals surface area contributed by atoms with Crippen LogP contribution in [0.4, 0.5) is 5.69 Å². The summed E-state index contributed by atoms with van der Waals surface area (Å²) >= 11 is 7.18. The maximum absolute atomic E-state index is 11.0. The van der Waals surface area contributed by atoms with Crippen molar-refractivity contribution in [2.45, 2.75) is 10.6 Å². The molecule has 0 atom stereocenters. The predicted molar refractivity (Wildman–Crippen MR) is 81.1 cm³/mol. The van der Waals surface area contributed by atoms with Gasteiger partial charge in [-0.1, -0.05) is 17.7 Å². The number of nitrogens with zero attached hydrogens (tertiary/aromatic N) is 1. The number of hydrogen-bond donors (Lipinski definition) is 1. The van der Waals surface area contributed by atoms with Gasteiger partial charge < -0.3 is 5.11 Å². The Morgan fingerprint density at radius 3 is 2.71 bits per heavy atom. The minimum Gasteiger partial charge on any atom is -0.478 e. The van der Waals surface area contributed by atoms with E-state index in [9.17, 15) is 14.9 Å². The molecule has 0 saturated carbocycles. The average molecular weight is 324 g/mol.